The molecule has 0 saturated heterocycles. The molecule has 84 heavy (non-hydrogen) atoms. The van der Waals surface area contributed by atoms with E-state index in [1.165, 1.54) is 5.56 Å². The molecule has 3 amide bonds. The number of nitrogens with one attached hydrogen (secondary N) is 7. The second-order valence-corrected chi connectivity index (χ2v) is 25.0. The van der Waals surface area contributed by atoms with Gasteiger partial charge in [-0.2, -0.15) is 0 Å². The number of aromatic nitrogens is 1. The standard InChI is InChI=1S/C73H65N7O4/c1-40-30-48-14-9-27-74-62(48)35-53(40)69(83)79-73(39-61(73)46-19-21-50-44(33-46)12-7-16-57(50)71(25-26-71)78-68(82)55-37-65-64(32-42(55)3)75-28-29-76-65)59-18-8-13-45-34-47(20-22-51(45)59)60-38-72(60,58-17-6-11-43-10-4-5-15-49(43)58)80-70(84)54-36-63-56(31-41(54)2)52-23-24-66(81)67(52)77-63/h4-8,10-13,15-22,30-37,60-61,74-77H,9,14,23-29,38-39H2,1-3H3,(H,78,82)(H,79,83)(H,80,84). The first-order chi connectivity index (χ1) is 40.9. The van der Waals surface area contributed by atoms with E-state index in [4.69, 9.17) is 0 Å². The first-order valence-corrected chi connectivity index (χ1v) is 30.1. The zero-order chi connectivity index (χ0) is 56.8. The van der Waals surface area contributed by atoms with Crippen molar-refractivity contribution in [2.45, 2.75) is 101 Å². The number of hydrogen-bond donors (Lipinski definition) is 7. The van der Waals surface area contributed by atoms with Crippen LogP contribution in [0, 0.1) is 20.8 Å². The lowest BCUT2D eigenvalue weighted by molar-refractivity contribution is 0.0920. The third-order valence-electron chi connectivity index (χ3n) is 20.0. The minimum atomic E-state index is -0.728. The molecule has 2 aliphatic heterocycles. The average molecular weight is 1100 g/mol. The molecule has 0 bridgehead atoms. The maximum absolute atomic E-state index is 15.1. The number of H-pyrrole nitrogens is 1. The molecule has 9 aromatic carbocycles. The number of hydrogen-bond acceptors (Lipinski definition) is 7. The molecular formula is C73H65N7O4. The van der Waals surface area contributed by atoms with Crippen molar-refractivity contribution in [2.75, 3.05) is 35.6 Å². The Morgan fingerprint density at radius 1 is 0.476 bits per heavy atom. The van der Waals surface area contributed by atoms with E-state index in [0.29, 0.717) is 48.1 Å². The Bertz CT molecular complexity index is 4550. The van der Waals surface area contributed by atoms with Crippen molar-refractivity contribution in [1.82, 2.24) is 20.9 Å². The monoisotopic (exact) mass is 1100 g/mol. The van der Waals surface area contributed by atoms with Gasteiger partial charge in [-0.25, -0.2) is 0 Å². The van der Waals surface area contributed by atoms with Gasteiger partial charge in [-0.3, -0.25) is 19.2 Å². The van der Waals surface area contributed by atoms with Crippen molar-refractivity contribution in [2.24, 2.45) is 0 Å². The summed E-state index contributed by atoms with van der Waals surface area (Å²) >= 11 is 0. The van der Waals surface area contributed by atoms with Gasteiger partial charge in [-0.1, -0.05) is 121 Å². The number of Topliss-reactive ketones (excluding diaryl/α,β-unsaturated/α-hetero) is 1. The van der Waals surface area contributed by atoms with E-state index in [-0.39, 0.29) is 35.3 Å². The minimum absolute atomic E-state index is 0.0340. The van der Waals surface area contributed by atoms with E-state index in [1.54, 1.807) is 0 Å². The molecule has 4 unspecified atom stereocenters. The van der Waals surface area contributed by atoms with E-state index in [1.807, 2.05) is 32.9 Å². The van der Waals surface area contributed by atoms with Crippen LogP contribution < -0.4 is 31.9 Å². The van der Waals surface area contributed by atoms with Crippen LogP contribution >= 0.6 is 0 Å². The van der Waals surface area contributed by atoms with Gasteiger partial charge in [0, 0.05) is 71.2 Å². The Kier molecular flexibility index (Phi) is 11.2. The van der Waals surface area contributed by atoms with E-state index < -0.39 is 16.6 Å². The summed E-state index contributed by atoms with van der Waals surface area (Å²) in [6, 6.07) is 53.6. The molecule has 16 rings (SSSR count). The molecule has 11 nitrogen and oxygen atoms in total. The van der Waals surface area contributed by atoms with Gasteiger partial charge in [0.25, 0.3) is 17.7 Å². The van der Waals surface area contributed by atoms with Crippen LogP contribution in [0.3, 0.4) is 0 Å². The van der Waals surface area contributed by atoms with E-state index in [0.717, 1.165) is 156 Å². The molecule has 0 spiro atoms. The quantitative estimate of drug-likeness (QED) is 0.0680. The Hall–Kier alpha value is -9.22. The summed E-state index contributed by atoms with van der Waals surface area (Å²) in [6.07, 6.45) is 6.42. The number of carbonyl (C=O) groups is 4. The summed E-state index contributed by atoms with van der Waals surface area (Å²) in [7, 11) is 0. The van der Waals surface area contributed by atoms with Gasteiger partial charge >= 0.3 is 0 Å². The number of ketones is 1. The first-order valence-electron chi connectivity index (χ1n) is 30.1. The molecule has 11 heteroatoms. The zero-order valence-corrected chi connectivity index (χ0v) is 47.5. The highest BCUT2D eigenvalue weighted by molar-refractivity contribution is 6.08. The van der Waals surface area contributed by atoms with Crippen molar-refractivity contribution in [3.05, 3.63) is 230 Å². The topological polar surface area (TPSA) is 156 Å². The molecule has 10 aromatic rings. The third kappa shape index (κ3) is 7.98. The summed E-state index contributed by atoms with van der Waals surface area (Å²) < 4.78 is 0. The van der Waals surface area contributed by atoms with Gasteiger partial charge in [-0.15, -0.1) is 0 Å². The molecule has 416 valence electrons. The van der Waals surface area contributed by atoms with E-state index in [9.17, 15) is 14.4 Å². The molecule has 3 fully saturated rings. The zero-order valence-electron chi connectivity index (χ0n) is 47.5. The summed E-state index contributed by atoms with van der Waals surface area (Å²) in [5.41, 5.74) is 15.2. The number of carbonyl (C=O) groups excluding carboxylic acids is 4. The summed E-state index contributed by atoms with van der Waals surface area (Å²) in [5, 5.41) is 28.9. The van der Waals surface area contributed by atoms with E-state index in [2.05, 4.69) is 176 Å². The average Bonchev–Trinajstić information content (AvgIpc) is 2.02. The fraction of sp³-hybridized carbons (Fsp3) is 0.260. The fourth-order valence-corrected chi connectivity index (χ4v) is 15.2. The Labute approximate surface area is 487 Å². The largest absolute Gasteiger partial charge is 0.385 e. The van der Waals surface area contributed by atoms with Crippen LogP contribution in [0.2, 0.25) is 0 Å². The normalized spacial score (nSPS) is 21.4. The van der Waals surface area contributed by atoms with Crippen molar-refractivity contribution in [3.63, 3.8) is 0 Å². The van der Waals surface area contributed by atoms with Crippen molar-refractivity contribution in [1.29, 1.82) is 0 Å². The number of fused-ring (bicyclic) bond motifs is 8. The molecule has 1 aromatic heterocycles. The van der Waals surface area contributed by atoms with Crippen molar-refractivity contribution in [3.8, 4) is 0 Å². The maximum atomic E-state index is 15.1. The lowest BCUT2D eigenvalue weighted by atomic mass is 9.89. The van der Waals surface area contributed by atoms with Gasteiger partial charge < -0.3 is 36.9 Å². The third-order valence-corrected chi connectivity index (χ3v) is 20.0. The van der Waals surface area contributed by atoms with Gasteiger partial charge in [0.05, 0.1) is 33.7 Å². The van der Waals surface area contributed by atoms with Crippen LogP contribution in [0.15, 0.2) is 152 Å². The van der Waals surface area contributed by atoms with Gasteiger partial charge in [-0.05, 0) is 184 Å². The van der Waals surface area contributed by atoms with Crippen molar-refractivity contribution < 1.29 is 19.2 Å². The number of amides is 3. The van der Waals surface area contributed by atoms with Crippen LogP contribution in [0.1, 0.15) is 148 Å². The predicted octanol–water partition coefficient (Wildman–Crippen LogP) is 13.9. The van der Waals surface area contributed by atoms with Crippen LogP contribution in [-0.4, -0.2) is 48.1 Å². The predicted molar refractivity (Wildman–Crippen MR) is 335 cm³/mol. The number of aromatic amines is 1. The number of benzene rings is 9. The second-order valence-electron chi connectivity index (χ2n) is 25.0. The van der Waals surface area contributed by atoms with Crippen LogP contribution in [0.5, 0.6) is 0 Å². The SMILES string of the molecule is Cc1cc2c(cc1C(=O)NC1(c3cccc4cc(C5CC5(NC(=O)c5cc6c(cc5C)CCCN6)c5cccc6cc(C7CC7(NC(=O)c7cc8[nH]c9c(c8cc7C)CCC9=O)c7cccc8ccccc78)ccc56)ccc34)CC1)NCCN2. The number of rotatable bonds is 11. The highest BCUT2D eigenvalue weighted by atomic mass is 16.2. The summed E-state index contributed by atoms with van der Waals surface area (Å²) in [4.78, 5) is 60.3. The molecule has 6 aliphatic rings. The molecule has 3 heterocycles. The molecule has 0 radical (unpaired) electrons. The van der Waals surface area contributed by atoms with Crippen LogP contribution in [0.25, 0.3) is 43.2 Å². The maximum Gasteiger partial charge on any atom is 0.252 e. The van der Waals surface area contributed by atoms with Crippen LogP contribution in [-0.2, 0) is 29.5 Å². The highest BCUT2D eigenvalue weighted by Gasteiger charge is 2.60. The highest BCUT2D eigenvalue weighted by Crippen LogP contribution is 2.63. The summed E-state index contributed by atoms with van der Waals surface area (Å²) in [6.45, 7) is 8.58. The molecular weight excluding hydrogens is 1040 g/mol. The Morgan fingerprint density at radius 2 is 1.01 bits per heavy atom. The minimum Gasteiger partial charge on any atom is -0.385 e. The lowest BCUT2D eigenvalue weighted by Gasteiger charge is -2.25. The van der Waals surface area contributed by atoms with Gasteiger partial charge in [0.1, 0.15) is 0 Å². The van der Waals surface area contributed by atoms with Gasteiger partial charge in [0.15, 0.2) is 5.78 Å². The number of aryl methyl sites for hydroxylation is 5. The molecule has 7 N–H and O–H groups in total. The first kappa shape index (κ1) is 50.5. The van der Waals surface area contributed by atoms with Gasteiger partial charge in [0.2, 0.25) is 0 Å². The Morgan fingerprint density at radius 3 is 1.69 bits per heavy atom. The summed E-state index contributed by atoms with van der Waals surface area (Å²) in [5.74, 6) is -0.247. The molecule has 4 aliphatic carbocycles. The van der Waals surface area contributed by atoms with E-state index >= 15 is 4.79 Å². The van der Waals surface area contributed by atoms with Crippen LogP contribution in [0.4, 0.5) is 17.1 Å². The second kappa shape index (κ2) is 18.6. The lowest BCUT2D eigenvalue weighted by Crippen LogP contribution is -2.37. The van der Waals surface area contributed by atoms with Crippen molar-refractivity contribution >= 4 is 83.8 Å². The molecule has 3 saturated carbocycles. The smallest absolute Gasteiger partial charge is 0.252 e. The fourth-order valence-electron chi connectivity index (χ4n) is 15.2. The number of anilines is 3. The molecule has 4 atom stereocenters. The Balaban J connectivity index is 0.751.